The largest absolute Gasteiger partial charge is 0.358 e. The lowest BCUT2D eigenvalue weighted by Gasteiger charge is -2.27. The summed E-state index contributed by atoms with van der Waals surface area (Å²) >= 11 is 0. The van der Waals surface area contributed by atoms with Crippen LogP contribution in [0.25, 0.3) is 10.9 Å². The van der Waals surface area contributed by atoms with Crippen LogP contribution in [0.5, 0.6) is 0 Å². The van der Waals surface area contributed by atoms with Crippen molar-refractivity contribution < 1.29 is 18.8 Å². The smallest absolute Gasteiger partial charge is 0.254 e. The van der Waals surface area contributed by atoms with Gasteiger partial charge in [0.1, 0.15) is 5.82 Å². The molecule has 3 heterocycles. The molecule has 2 aromatic carbocycles. The Kier molecular flexibility index (Phi) is 3.87. The molecule has 0 fully saturated rings. The lowest BCUT2D eigenvalue weighted by atomic mass is 10.0. The maximum atomic E-state index is 13.7. The molecule has 0 radical (unpaired) electrons. The summed E-state index contributed by atoms with van der Waals surface area (Å²) in [6, 6.07) is 9.26. The van der Waals surface area contributed by atoms with Crippen LogP contribution in [0.3, 0.4) is 0 Å². The minimum atomic E-state index is -0.360. The molecule has 5 rings (SSSR count). The number of amides is 3. The van der Waals surface area contributed by atoms with E-state index in [0.717, 1.165) is 22.2 Å². The van der Waals surface area contributed by atoms with E-state index in [1.807, 2.05) is 0 Å². The third-order valence-corrected chi connectivity index (χ3v) is 5.42. The molecule has 7 nitrogen and oxygen atoms in total. The van der Waals surface area contributed by atoms with E-state index in [1.54, 1.807) is 23.1 Å². The number of anilines is 1. The highest BCUT2D eigenvalue weighted by atomic mass is 19.1. The van der Waals surface area contributed by atoms with Gasteiger partial charge < -0.3 is 20.5 Å². The Morgan fingerprint density at radius 1 is 1.10 bits per heavy atom. The molecule has 146 valence electrons. The predicted molar refractivity (Wildman–Crippen MR) is 104 cm³/mol. The van der Waals surface area contributed by atoms with Crippen molar-refractivity contribution >= 4 is 34.3 Å². The molecule has 2 aliphatic heterocycles. The van der Waals surface area contributed by atoms with Crippen LogP contribution in [0, 0.1) is 5.82 Å². The number of benzene rings is 2. The van der Waals surface area contributed by atoms with E-state index in [2.05, 4.69) is 15.6 Å². The van der Waals surface area contributed by atoms with Crippen molar-refractivity contribution in [3.05, 3.63) is 64.6 Å². The van der Waals surface area contributed by atoms with Gasteiger partial charge in [0.05, 0.1) is 17.8 Å². The van der Waals surface area contributed by atoms with Crippen LogP contribution >= 0.6 is 0 Å². The summed E-state index contributed by atoms with van der Waals surface area (Å²) in [7, 11) is 0. The number of hydrogen-bond donors (Lipinski definition) is 3. The summed E-state index contributed by atoms with van der Waals surface area (Å²) < 4.78 is 13.7. The maximum Gasteiger partial charge on any atom is 0.254 e. The SMILES string of the molecule is O=C1CNC(=O)c2ccc(C(=O)N3CCc4[nH]c5ccc(F)cc5c4C3)cc2N1. The lowest BCUT2D eigenvalue weighted by Crippen LogP contribution is -2.35. The number of halogens is 1. The monoisotopic (exact) mass is 392 g/mol. The van der Waals surface area contributed by atoms with Crippen molar-refractivity contribution in [3.63, 3.8) is 0 Å². The van der Waals surface area contributed by atoms with Gasteiger partial charge in [-0.2, -0.15) is 0 Å². The summed E-state index contributed by atoms with van der Waals surface area (Å²) in [6.07, 6.45) is 0.640. The summed E-state index contributed by atoms with van der Waals surface area (Å²) in [5.41, 5.74) is 3.81. The van der Waals surface area contributed by atoms with Crippen LogP contribution in [-0.4, -0.2) is 40.7 Å². The fourth-order valence-electron chi connectivity index (χ4n) is 3.97. The molecule has 0 atom stereocenters. The van der Waals surface area contributed by atoms with Crippen molar-refractivity contribution in [2.24, 2.45) is 0 Å². The molecule has 0 bridgehead atoms. The van der Waals surface area contributed by atoms with Gasteiger partial charge in [-0.05, 0) is 36.4 Å². The van der Waals surface area contributed by atoms with Crippen molar-refractivity contribution in [3.8, 4) is 0 Å². The molecule has 29 heavy (non-hydrogen) atoms. The van der Waals surface area contributed by atoms with Crippen molar-refractivity contribution in [1.82, 2.24) is 15.2 Å². The first-order valence-electron chi connectivity index (χ1n) is 9.30. The number of hydrogen-bond acceptors (Lipinski definition) is 3. The fourth-order valence-corrected chi connectivity index (χ4v) is 3.97. The summed E-state index contributed by atoms with van der Waals surface area (Å²) in [5, 5.41) is 5.95. The molecule has 2 aliphatic rings. The van der Waals surface area contributed by atoms with Crippen LogP contribution < -0.4 is 10.6 Å². The van der Waals surface area contributed by atoms with Gasteiger partial charge in [0.2, 0.25) is 5.91 Å². The zero-order valence-electron chi connectivity index (χ0n) is 15.3. The highest BCUT2D eigenvalue weighted by Gasteiger charge is 2.26. The number of carbonyl (C=O) groups excluding carboxylic acids is 3. The van der Waals surface area contributed by atoms with Gasteiger partial charge in [-0.15, -0.1) is 0 Å². The van der Waals surface area contributed by atoms with Gasteiger partial charge in [0.15, 0.2) is 0 Å². The number of H-pyrrole nitrogens is 1. The molecule has 1 aromatic heterocycles. The number of aromatic amines is 1. The zero-order chi connectivity index (χ0) is 20.1. The molecular weight excluding hydrogens is 375 g/mol. The normalized spacial score (nSPS) is 16.0. The second-order valence-electron chi connectivity index (χ2n) is 7.24. The standard InChI is InChI=1S/C21H17FN4O3/c22-12-2-4-16-14(8-12)15-10-26(6-5-17(15)24-16)21(29)11-1-3-13-18(7-11)25-19(27)9-23-20(13)28/h1-4,7-8,24H,5-6,9-10H2,(H,23,28)(H,25,27). The van der Waals surface area contributed by atoms with E-state index >= 15 is 0 Å². The van der Waals surface area contributed by atoms with Gasteiger partial charge in [-0.25, -0.2) is 4.39 Å². The molecule has 0 spiro atoms. The number of rotatable bonds is 1. The molecule has 3 N–H and O–H groups in total. The second kappa shape index (κ2) is 6.44. The minimum absolute atomic E-state index is 0.108. The zero-order valence-corrected chi connectivity index (χ0v) is 15.3. The van der Waals surface area contributed by atoms with E-state index in [9.17, 15) is 18.8 Å². The maximum absolute atomic E-state index is 13.7. The average Bonchev–Trinajstić information content (AvgIpc) is 3.01. The number of carbonyl (C=O) groups is 3. The number of nitrogens with zero attached hydrogens (tertiary/aromatic N) is 1. The van der Waals surface area contributed by atoms with Gasteiger partial charge in [0.25, 0.3) is 11.8 Å². The molecule has 0 saturated heterocycles. The van der Waals surface area contributed by atoms with E-state index in [1.165, 1.54) is 18.2 Å². The van der Waals surface area contributed by atoms with Gasteiger partial charge in [-0.1, -0.05) is 0 Å². The van der Waals surface area contributed by atoms with Crippen molar-refractivity contribution in [2.75, 3.05) is 18.4 Å². The van der Waals surface area contributed by atoms with Crippen molar-refractivity contribution in [2.45, 2.75) is 13.0 Å². The van der Waals surface area contributed by atoms with Gasteiger partial charge in [0, 0.05) is 47.2 Å². The van der Waals surface area contributed by atoms with E-state index < -0.39 is 0 Å². The van der Waals surface area contributed by atoms with Crippen LogP contribution in [0.15, 0.2) is 36.4 Å². The quantitative estimate of drug-likeness (QED) is 0.593. The number of fused-ring (bicyclic) bond motifs is 4. The lowest BCUT2D eigenvalue weighted by molar-refractivity contribution is -0.115. The summed E-state index contributed by atoms with van der Waals surface area (Å²) in [5.74, 6) is -1.23. The van der Waals surface area contributed by atoms with Crippen molar-refractivity contribution in [1.29, 1.82) is 0 Å². The summed E-state index contributed by atoms with van der Waals surface area (Å²) in [6.45, 7) is 0.773. The Bertz CT molecular complexity index is 1200. The van der Waals surface area contributed by atoms with Crippen LogP contribution in [0.4, 0.5) is 10.1 Å². The Labute approximate surface area is 164 Å². The van der Waals surface area contributed by atoms with Crippen LogP contribution in [-0.2, 0) is 17.8 Å². The molecular formula is C21H17FN4O3. The average molecular weight is 392 g/mol. The molecule has 0 aliphatic carbocycles. The Balaban J connectivity index is 1.46. The second-order valence-corrected chi connectivity index (χ2v) is 7.24. The molecule has 0 unspecified atom stereocenters. The number of nitrogens with one attached hydrogen (secondary N) is 3. The summed E-state index contributed by atoms with van der Waals surface area (Å²) in [4.78, 5) is 41.9. The Morgan fingerprint density at radius 2 is 1.97 bits per heavy atom. The van der Waals surface area contributed by atoms with Crippen LogP contribution in [0.2, 0.25) is 0 Å². The molecule has 0 saturated carbocycles. The Morgan fingerprint density at radius 3 is 2.83 bits per heavy atom. The Hall–Kier alpha value is -3.68. The predicted octanol–water partition coefficient (Wildman–Crippen LogP) is 2.19. The molecule has 8 heteroatoms. The topological polar surface area (TPSA) is 94.3 Å². The fraction of sp³-hybridized carbons (Fsp3) is 0.190. The molecule has 3 aromatic rings. The minimum Gasteiger partial charge on any atom is -0.358 e. The first kappa shape index (κ1) is 17.4. The van der Waals surface area contributed by atoms with Crippen LogP contribution in [0.1, 0.15) is 32.0 Å². The highest BCUT2D eigenvalue weighted by Crippen LogP contribution is 2.29. The molecule has 3 amide bonds. The number of aromatic nitrogens is 1. The first-order chi connectivity index (χ1) is 14.0. The van der Waals surface area contributed by atoms with Gasteiger partial charge >= 0.3 is 0 Å². The van der Waals surface area contributed by atoms with E-state index in [4.69, 9.17) is 0 Å². The highest BCUT2D eigenvalue weighted by molar-refractivity contribution is 6.10. The van der Waals surface area contributed by atoms with E-state index in [-0.39, 0.29) is 30.1 Å². The van der Waals surface area contributed by atoms with E-state index in [0.29, 0.717) is 36.3 Å². The van der Waals surface area contributed by atoms with Gasteiger partial charge in [-0.3, -0.25) is 14.4 Å². The first-order valence-corrected chi connectivity index (χ1v) is 9.30. The third-order valence-electron chi connectivity index (χ3n) is 5.42. The third kappa shape index (κ3) is 2.93.